The molecule has 5 aliphatic rings. The van der Waals surface area contributed by atoms with E-state index in [0.717, 1.165) is 69.8 Å². The van der Waals surface area contributed by atoms with Gasteiger partial charge in [-0.25, -0.2) is 4.68 Å². The van der Waals surface area contributed by atoms with Crippen molar-refractivity contribution in [1.82, 2.24) is 20.3 Å². The minimum absolute atomic E-state index is 0.00232. The van der Waals surface area contributed by atoms with Gasteiger partial charge in [-0.3, -0.25) is 19.7 Å². The Bertz CT molecular complexity index is 2250. The summed E-state index contributed by atoms with van der Waals surface area (Å²) in [5.41, 5.74) is 3.37. The van der Waals surface area contributed by atoms with E-state index in [2.05, 4.69) is 70.2 Å². The van der Waals surface area contributed by atoms with Gasteiger partial charge in [0.2, 0.25) is 5.91 Å². The first-order valence-electron chi connectivity index (χ1n) is 22.4. The number of benzene rings is 2. The van der Waals surface area contributed by atoms with Gasteiger partial charge in [-0.1, -0.05) is 77.5 Å². The highest BCUT2D eigenvalue weighted by atomic mass is 16.6. The number of non-ortho nitro benzene ring substituents is 1. The van der Waals surface area contributed by atoms with Crippen LogP contribution in [0.5, 0.6) is 11.5 Å². The molecule has 12 heteroatoms. The quantitative estimate of drug-likeness (QED) is 0.0912. The number of methoxy groups -OCH3 is 1. The molecule has 8 atom stereocenters. The minimum Gasteiger partial charge on any atom is -0.493 e. The number of nitro groups is 1. The van der Waals surface area contributed by atoms with Crippen molar-refractivity contribution >= 4 is 17.6 Å². The molecule has 0 bridgehead atoms. The number of fused-ring (bicyclic) bond motifs is 7. The van der Waals surface area contributed by atoms with Crippen LogP contribution in [0.2, 0.25) is 0 Å². The topological polar surface area (TPSA) is 148 Å². The van der Waals surface area contributed by atoms with E-state index < -0.39 is 10.3 Å². The number of ether oxygens (including phenoxy) is 3. The number of nitrogens with zero attached hydrogens (tertiary/aromatic N) is 4. The molecule has 4 unspecified atom stereocenters. The van der Waals surface area contributed by atoms with E-state index >= 15 is 0 Å². The first kappa shape index (κ1) is 42.9. The summed E-state index contributed by atoms with van der Waals surface area (Å²) in [5.74, 6) is 2.26. The summed E-state index contributed by atoms with van der Waals surface area (Å²) >= 11 is 0. The van der Waals surface area contributed by atoms with Crippen LogP contribution in [0.3, 0.4) is 0 Å². The van der Waals surface area contributed by atoms with Crippen molar-refractivity contribution in [3.63, 3.8) is 0 Å². The maximum Gasteiger partial charge on any atom is 0.302 e. The van der Waals surface area contributed by atoms with Crippen molar-refractivity contribution in [2.75, 3.05) is 7.11 Å². The predicted octanol–water partition coefficient (Wildman–Crippen LogP) is 10.1. The van der Waals surface area contributed by atoms with E-state index in [1.807, 2.05) is 18.2 Å². The van der Waals surface area contributed by atoms with E-state index in [4.69, 9.17) is 14.2 Å². The number of allylic oxidation sites excluding steroid dienone is 2. The summed E-state index contributed by atoms with van der Waals surface area (Å²) in [6.07, 6.45) is 14.4. The zero-order valence-corrected chi connectivity index (χ0v) is 37.6. The Hall–Kier alpha value is -4.74. The smallest absolute Gasteiger partial charge is 0.302 e. The zero-order valence-electron chi connectivity index (χ0n) is 37.6. The lowest BCUT2D eigenvalue weighted by atomic mass is 9.33. The molecule has 2 aromatic carbocycles. The van der Waals surface area contributed by atoms with Crippen LogP contribution in [0, 0.1) is 60.4 Å². The van der Waals surface area contributed by atoms with Crippen molar-refractivity contribution in [3.05, 3.63) is 81.7 Å². The highest BCUT2D eigenvalue weighted by Gasteiger charge is 2.69. The van der Waals surface area contributed by atoms with Gasteiger partial charge in [0.25, 0.3) is 5.69 Å². The first-order valence-corrected chi connectivity index (χ1v) is 22.4. The highest BCUT2D eigenvalue weighted by Crippen LogP contribution is 2.76. The molecule has 1 aromatic heterocycles. The lowest BCUT2D eigenvalue weighted by molar-refractivity contribution is -0.384. The molecule has 8 rings (SSSR count). The Balaban J connectivity index is 0.982. The van der Waals surface area contributed by atoms with E-state index in [0.29, 0.717) is 41.3 Å². The second-order valence-electron chi connectivity index (χ2n) is 21.2. The van der Waals surface area contributed by atoms with E-state index in [1.165, 1.54) is 16.8 Å². The van der Waals surface area contributed by atoms with E-state index in [-0.39, 0.29) is 63.3 Å². The second-order valence-corrected chi connectivity index (χ2v) is 21.2. The van der Waals surface area contributed by atoms with Gasteiger partial charge in [0.15, 0.2) is 11.5 Å². The number of hydrogen-bond donors (Lipinski definition) is 1. The molecule has 328 valence electrons. The van der Waals surface area contributed by atoms with Crippen LogP contribution in [0.25, 0.3) is 5.69 Å². The molecule has 0 saturated heterocycles. The molecule has 1 N–H and O–H groups in total. The fourth-order valence-corrected chi connectivity index (χ4v) is 13.7. The summed E-state index contributed by atoms with van der Waals surface area (Å²) in [6, 6.07) is 11.9. The molecule has 1 amide bonds. The van der Waals surface area contributed by atoms with Crippen molar-refractivity contribution in [2.24, 2.45) is 50.2 Å². The van der Waals surface area contributed by atoms with Crippen molar-refractivity contribution in [2.45, 2.75) is 139 Å². The molecule has 0 radical (unpaired) electrons. The summed E-state index contributed by atoms with van der Waals surface area (Å²) < 4.78 is 19.3. The lowest BCUT2D eigenvalue weighted by Gasteiger charge is -2.71. The number of hydrogen-bond acceptors (Lipinski definition) is 9. The average Bonchev–Trinajstić information content (AvgIpc) is 3.69. The molecule has 5 aliphatic carbocycles. The molecule has 0 spiro atoms. The molecular weight excluding hydrogens is 771 g/mol. The molecule has 1 heterocycles. The van der Waals surface area contributed by atoms with Crippen LogP contribution >= 0.6 is 0 Å². The van der Waals surface area contributed by atoms with Gasteiger partial charge in [-0.2, -0.15) is 0 Å². The van der Waals surface area contributed by atoms with Gasteiger partial charge in [-0.15, -0.1) is 5.10 Å². The minimum atomic E-state index is -0.454. The fourth-order valence-electron chi connectivity index (χ4n) is 13.7. The first-order chi connectivity index (χ1) is 28.8. The number of esters is 1. The third-order valence-electron chi connectivity index (χ3n) is 17.2. The Labute approximate surface area is 360 Å². The number of rotatable bonds is 10. The predicted molar refractivity (Wildman–Crippen MR) is 232 cm³/mol. The summed E-state index contributed by atoms with van der Waals surface area (Å²) in [5, 5.41) is 23.0. The average molecular weight is 836 g/mol. The molecule has 4 saturated carbocycles. The van der Waals surface area contributed by atoms with E-state index in [9.17, 15) is 19.7 Å². The van der Waals surface area contributed by atoms with Crippen LogP contribution in [0.4, 0.5) is 5.69 Å². The summed E-state index contributed by atoms with van der Waals surface area (Å²) in [6.45, 7) is 19.2. The third kappa shape index (κ3) is 7.13. The number of nitro benzene ring substituents is 1. The number of carbonyl (C=O) groups is 2. The molecular formula is C49H65N5O7. The zero-order chi connectivity index (χ0) is 43.8. The van der Waals surface area contributed by atoms with Crippen LogP contribution in [0.15, 0.2) is 60.3 Å². The SMILES string of the molecule is COc1cc(CNC(=O)[C@]23CCC(C)(C)CC2C2=CCC4[C@@]5(C)CCC(OC(C)=O)C(C)(C)C5CC[C@@]4(C)[C@]2(C)CC3)ccc1OCc1cn(-c2cccc([N+](=O)[O-])c2)nn1. The second kappa shape index (κ2) is 15.3. The Morgan fingerprint density at radius 1 is 0.934 bits per heavy atom. The van der Waals surface area contributed by atoms with Crippen LogP contribution in [0.1, 0.15) is 131 Å². The number of nitrogens with one attached hydrogen (secondary N) is 1. The molecule has 3 aromatic rings. The van der Waals surface area contributed by atoms with Crippen LogP contribution < -0.4 is 14.8 Å². The van der Waals surface area contributed by atoms with Crippen molar-refractivity contribution in [1.29, 1.82) is 0 Å². The number of aromatic nitrogens is 3. The Morgan fingerprint density at radius 2 is 1.70 bits per heavy atom. The van der Waals surface area contributed by atoms with Crippen LogP contribution in [-0.4, -0.2) is 45.0 Å². The third-order valence-corrected chi connectivity index (χ3v) is 17.2. The fraction of sp³-hybridized carbons (Fsp3) is 0.633. The molecule has 61 heavy (non-hydrogen) atoms. The molecule has 12 nitrogen and oxygen atoms in total. The summed E-state index contributed by atoms with van der Waals surface area (Å²) in [7, 11) is 1.60. The van der Waals surface area contributed by atoms with Gasteiger partial charge in [0, 0.05) is 31.0 Å². The number of carbonyl (C=O) groups excluding carboxylic acids is 2. The normalized spacial score (nSPS) is 33.4. The van der Waals surface area contributed by atoms with E-state index in [1.54, 1.807) is 37.9 Å². The van der Waals surface area contributed by atoms with Crippen LogP contribution in [-0.2, 0) is 27.5 Å². The van der Waals surface area contributed by atoms with Gasteiger partial charge < -0.3 is 19.5 Å². The summed E-state index contributed by atoms with van der Waals surface area (Å²) in [4.78, 5) is 37.8. The molecule has 4 fully saturated rings. The maximum absolute atomic E-state index is 14.9. The van der Waals surface area contributed by atoms with Crippen molar-refractivity contribution < 1.29 is 28.7 Å². The largest absolute Gasteiger partial charge is 0.493 e. The Morgan fingerprint density at radius 3 is 2.44 bits per heavy atom. The van der Waals surface area contributed by atoms with Gasteiger partial charge in [0.1, 0.15) is 18.4 Å². The molecule has 0 aliphatic heterocycles. The van der Waals surface area contributed by atoms with Gasteiger partial charge in [-0.05, 0) is 127 Å². The number of amides is 1. The lowest BCUT2D eigenvalue weighted by Crippen LogP contribution is -2.65. The monoisotopic (exact) mass is 835 g/mol. The van der Waals surface area contributed by atoms with Gasteiger partial charge >= 0.3 is 5.97 Å². The highest BCUT2D eigenvalue weighted by molar-refractivity contribution is 5.84. The maximum atomic E-state index is 14.9. The van der Waals surface area contributed by atoms with Crippen molar-refractivity contribution in [3.8, 4) is 17.2 Å². The standard InChI is InChI=1S/C49H65N5O7/c1-31(55)61-42-18-19-46(6)40(45(42,4)5)17-20-48(8)41(46)16-14-36-37-27-44(2,3)21-23-49(37,24-22-47(36,48)7)43(56)50-28-32-13-15-38(39(25-32)59-9)60-30-33-29-53(52-51-33)34-11-10-12-35(26-34)54(57)58/h10-15,25-26,29,37,40-42H,16-24,27-28,30H2,1-9H3,(H,50,56)/t37?,40?,41?,42?,46-,47+,48+,49-/m0/s1. The van der Waals surface area contributed by atoms with Gasteiger partial charge in [0.05, 0.1) is 29.3 Å². The Kier molecular flexibility index (Phi) is 10.7.